The molecule has 0 aliphatic carbocycles. The van der Waals surface area contributed by atoms with Crippen LogP contribution in [0.15, 0.2) is 24.3 Å². The van der Waals surface area contributed by atoms with E-state index in [0.717, 1.165) is 29.8 Å². The van der Waals surface area contributed by atoms with Gasteiger partial charge in [-0.05, 0) is 25.5 Å². The van der Waals surface area contributed by atoms with Crippen LogP contribution < -0.4 is 0 Å². The molecule has 0 aliphatic rings. The Morgan fingerprint density at radius 3 is 2.64 bits per heavy atom. The second kappa shape index (κ2) is 5.83. The molecule has 0 fully saturated rings. The van der Waals surface area contributed by atoms with Crippen LogP contribution in [0.2, 0.25) is 0 Å². The van der Waals surface area contributed by atoms with E-state index in [1.54, 1.807) is 0 Å². The van der Waals surface area contributed by atoms with Crippen molar-refractivity contribution in [3.63, 3.8) is 0 Å². The number of aromatic nitrogens is 3. The summed E-state index contributed by atoms with van der Waals surface area (Å²) in [6, 6.07) is 8.09. The van der Waals surface area contributed by atoms with Gasteiger partial charge in [-0.15, -0.1) is 0 Å². The zero-order chi connectivity index (χ0) is 15.7. The van der Waals surface area contributed by atoms with Crippen LogP contribution in [0, 0.1) is 6.92 Å². The average molecular weight is 299 g/mol. The second-order valence-corrected chi connectivity index (χ2v) is 5.52. The summed E-state index contributed by atoms with van der Waals surface area (Å²) in [6.07, 6.45) is 3.46. The summed E-state index contributed by atoms with van der Waals surface area (Å²) in [7, 11) is 1.40. The number of hydrogen-bond donors (Lipinski definition) is 0. The van der Waals surface area contributed by atoms with Gasteiger partial charge < -0.3 is 9.30 Å². The fourth-order valence-electron chi connectivity index (χ4n) is 2.99. The molecule has 0 amide bonds. The van der Waals surface area contributed by atoms with Gasteiger partial charge in [0.15, 0.2) is 5.69 Å². The summed E-state index contributed by atoms with van der Waals surface area (Å²) in [5.41, 5.74) is 3.32. The Morgan fingerprint density at radius 1 is 1.23 bits per heavy atom. The zero-order valence-electron chi connectivity index (χ0n) is 13.3. The summed E-state index contributed by atoms with van der Waals surface area (Å²) in [4.78, 5) is 16.8. The van der Waals surface area contributed by atoms with Crippen LogP contribution in [0.1, 0.15) is 42.4 Å². The van der Waals surface area contributed by atoms with Gasteiger partial charge in [0.1, 0.15) is 0 Å². The summed E-state index contributed by atoms with van der Waals surface area (Å²) >= 11 is 0. The third-order valence-electron chi connectivity index (χ3n) is 4.05. The van der Waals surface area contributed by atoms with Crippen molar-refractivity contribution in [3.8, 4) is 0 Å². The second-order valence-electron chi connectivity index (χ2n) is 5.52. The Kier molecular flexibility index (Phi) is 3.88. The van der Waals surface area contributed by atoms with Crippen molar-refractivity contribution in [2.45, 2.75) is 39.7 Å². The van der Waals surface area contributed by atoms with Crippen LogP contribution in [0.5, 0.6) is 0 Å². The highest BCUT2D eigenvalue weighted by Crippen LogP contribution is 2.25. The molecule has 3 rings (SSSR count). The van der Waals surface area contributed by atoms with E-state index in [-0.39, 0.29) is 5.97 Å². The van der Waals surface area contributed by atoms with Gasteiger partial charge in [0, 0.05) is 6.54 Å². The first-order valence-electron chi connectivity index (χ1n) is 7.73. The largest absolute Gasteiger partial charge is 0.464 e. The highest BCUT2D eigenvalue weighted by atomic mass is 16.5. The molecule has 5 heteroatoms. The number of esters is 1. The lowest BCUT2D eigenvalue weighted by Gasteiger charge is -2.03. The van der Waals surface area contributed by atoms with Crippen LogP contribution in [0.3, 0.4) is 0 Å². The number of carbonyl (C=O) groups excluding carboxylic acids is 1. The first-order chi connectivity index (χ1) is 10.7. The first kappa shape index (κ1) is 14.6. The number of nitrogens with zero attached hydrogens (tertiary/aromatic N) is 3. The molecule has 116 valence electrons. The predicted molar refractivity (Wildman–Crippen MR) is 86.3 cm³/mol. The van der Waals surface area contributed by atoms with E-state index in [1.165, 1.54) is 20.0 Å². The van der Waals surface area contributed by atoms with E-state index in [2.05, 4.69) is 22.5 Å². The topological polar surface area (TPSA) is 48.5 Å². The molecule has 22 heavy (non-hydrogen) atoms. The molecule has 0 radical (unpaired) electrons. The van der Waals surface area contributed by atoms with Crippen molar-refractivity contribution in [1.82, 2.24) is 14.0 Å². The summed E-state index contributed by atoms with van der Waals surface area (Å²) in [5.74, 6) is 0.469. The number of fused-ring (bicyclic) bond motifs is 3. The molecule has 0 N–H and O–H groups in total. The molecular formula is C17H21N3O2. The van der Waals surface area contributed by atoms with Gasteiger partial charge in [0.2, 0.25) is 5.78 Å². The van der Waals surface area contributed by atoms with Gasteiger partial charge in [-0.3, -0.25) is 4.40 Å². The number of benzene rings is 1. The smallest absolute Gasteiger partial charge is 0.357 e. The molecule has 0 saturated heterocycles. The SMILES string of the molecule is CCCCCn1c2ccccc2n2c(C(=O)OC)c(C)nc12. The summed E-state index contributed by atoms with van der Waals surface area (Å²) in [6.45, 7) is 4.95. The lowest BCUT2D eigenvalue weighted by molar-refractivity contribution is 0.0592. The number of methoxy groups -OCH3 is 1. The third kappa shape index (κ3) is 2.17. The van der Waals surface area contributed by atoms with Crippen molar-refractivity contribution in [1.29, 1.82) is 0 Å². The maximum absolute atomic E-state index is 12.1. The molecule has 0 unspecified atom stereocenters. The predicted octanol–water partition coefficient (Wildman–Crippen LogP) is 3.57. The van der Waals surface area contributed by atoms with Crippen molar-refractivity contribution in [3.05, 3.63) is 35.7 Å². The van der Waals surface area contributed by atoms with E-state index in [9.17, 15) is 4.79 Å². The van der Waals surface area contributed by atoms with E-state index in [0.29, 0.717) is 11.4 Å². The molecule has 3 aromatic rings. The molecule has 0 aliphatic heterocycles. The highest BCUT2D eigenvalue weighted by Gasteiger charge is 2.22. The number of para-hydroxylation sites is 2. The number of carbonyl (C=O) groups is 1. The van der Waals surface area contributed by atoms with E-state index >= 15 is 0 Å². The molecule has 1 aromatic carbocycles. The van der Waals surface area contributed by atoms with Crippen LogP contribution >= 0.6 is 0 Å². The number of rotatable bonds is 5. The fraction of sp³-hybridized carbons (Fsp3) is 0.412. The molecule has 0 bridgehead atoms. The molecule has 2 heterocycles. The molecule has 2 aromatic heterocycles. The Balaban J connectivity index is 2.26. The van der Waals surface area contributed by atoms with Gasteiger partial charge >= 0.3 is 5.97 Å². The van der Waals surface area contributed by atoms with Crippen LogP contribution in [-0.2, 0) is 11.3 Å². The van der Waals surface area contributed by atoms with Crippen molar-refractivity contribution in [2.24, 2.45) is 0 Å². The monoisotopic (exact) mass is 299 g/mol. The Hall–Kier alpha value is -2.30. The number of hydrogen-bond acceptors (Lipinski definition) is 3. The van der Waals surface area contributed by atoms with Crippen molar-refractivity contribution >= 4 is 22.8 Å². The Morgan fingerprint density at radius 2 is 1.95 bits per heavy atom. The van der Waals surface area contributed by atoms with Crippen molar-refractivity contribution in [2.75, 3.05) is 7.11 Å². The molecule has 0 saturated carbocycles. The lowest BCUT2D eigenvalue weighted by atomic mass is 10.2. The van der Waals surface area contributed by atoms with Crippen LogP contribution in [0.25, 0.3) is 16.8 Å². The standard InChI is InChI=1S/C17H21N3O2/c1-4-5-8-11-19-13-9-6-7-10-14(13)20-15(16(21)22-3)12(2)18-17(19)20/h6-7,9-10H,4-5,8,11H2,1-3H3. The van der Waals surface area contributed by atoms with Gasteiger partial charge in [-0.1, -0.05) is 31.9 Å². The van der Waals surface area contributed by atoms with Crippen LogP contribution in [-0.4, -0.2) is 27.0 Å². The minimum absolute atomic E-state index is 0.346. The maximum Gasteiger partial charge on any atom is 0.357 e. The Bertz CT molecular complexity index is 829. The normalized spacial score (nSPS) is 11.4. The number of imidazole rings is 2. The fourth-order valence-corrected chi connectivity index (χ4v) is 2.99. The van der Waals surface area contributed by atoms with E-state index in [1.807, 2.05) is 29.5 Å². The number of ether oxygens (including phenoxy) is 1. The van der Waals surface area contributed by atoms with E-state index < -0.39 is 0 Å². The van der Waals surface area contributed by atoms with Crippen molar-refractivity contribution < 1.29 is 9.53 Å². The zero-order valence-corrected chi connectivity index (χ0v) is 13.3. The number of aryl methyl sites for hydroxylation is 2. The number of unbranched alkanes of at least 4 members (excludes halogenated alkanes) is 2. The summed E-state index contributed by atoms with van der Waals surface area (Å²) in [5, 5.41) is 0. The quantitative estimate of drug-likeness (QED) is 0.534. The molecule has 0 spiro atoms. The third-order valence-corrected chi connectivity index (χ3v) is 4.05. The van der Waals surface area contributed by atoms with Gasteiger partial charge in [0.25, 0.3) is 0 Å². The van der Waals surface area contributed by atoms with Gasteiger partial charge in [-0.2, -0.15) is 0 Å². The minimum atomic E-state index is -0.346. The maximum atomic E-state index is 12.1. The van der Waals surface area contributed by atoms with Crippen LogP contribution in [0.4, 0.5) is 0 Å². The molecule has 0 atom stereocenters. The molecular weight excluding hydrogens is 278 g/mol. The molecule has 5 nitrogen and oxygen atoms in total. The first-order valence-corrected chi connectivity index (χ1v) is 7.73. The highest BCUT2D eigenvalue weighted by molar-refractivity contribution is 5.93. The van der Waals surface area contributed by atoms with Gasteiger partial charge in [0.05, 0.1) is 23.8 Å². The van der Waals surface area contributed by atoms with Gasteiger partial charge in [-0.25, -0.2) is 9.78 Å². The average Bonchev–Trinajstić information content (AvgIpc) is 3.01. The van der Waals surface area contributed by atoms with E-state index in [4.69, 9.17) is 4.74 Å². The summed E-state index contributed by atoms with van der Waals surface area (Å²) < 4.78 is 9.05. The Labute approximate surface area is 129 Å². The lowest BCUT2D eigenvalue weighted by Crippen LogP contribution is -2.06. The minimum Gasteiger partial charge on any atom is -0.464 e.